The van der Waals surface area contributed by atoms with Crippen molar-refractivity contribution in [2.24, 2.45) is 5.41 Å². The Balaban J connectivity index is 1.57. The summed E-state index contributed by atoms with van der Waals surface area (Å²) in [5, 5.41) is 0. The number of hydrogen-bond acceptors (Lipinski definition) is 4. The zero-order chi connectivity index (χ0) is 19.1. The average Bonchev–Trinajstić information content (AvgIpc) is 2.70. The summed E-state index contributed by atoms with van der Waals surface area (Å²) in [4.78, 5) is 33.0. The molecule has 6 heteroatoms. The van der Waals surface area contributed by atoms with Crippen molar-refractivity contribution in [1.82, 2.24) is 14.8 Å². The Kier molecular flexibility index (Phi) is 6.69. The summed E-state index contributed by atoms with van der Waals surface area (Å²) < 4.78 is 5.41. The molecule has 0 aromatic carbocycles. The number of unbranched alkanes of at least 4 members (excludes halogenated alkanes) is 1. The van der Waals surface area contributed by atoms with Gasteiger partial charge in [0.15, 0.2) is 0 Å². The van der Waals surface area contributed by atoms with Crippen molar-refractivity contribution in [1.29, 1.82) is 0 Å². The number of ether oxygens (including phenoxy) is 1. The van der Waals surface area contributed by atoms with Crippen LogP contribution in [0, 0.1) is 5.41 Å². The molecule has 1 spiro atoms. The molecule has 3 rings (SSSR count). The summed E-state index contributed by atoms with van der Waals surface area (Å²) in [7, 11) is 0. The maximum absolute atomic E-state index is 12.4. The molecule has 2 saturated heterocycles. The number of carbonyl (C=O) groups excluding carboxylic acids is 2. The van der Waals surface area contributed by atoms with Gasteiger partial charge in [0.05, 0.1) is 6.61 Å². The lowest BCUT2D eigenvalue weighted by molar-refractivity contribution is -0.139. The van der Waals surface area contributed by atoms with Crippen LogP contribution in [0.3, 0.4) is 0 Å². The standard InChI is InChI=1S/C21H31N3O3/c1-2-3-15-27-20(26)24-13-6-10-21(17-24)11-8-19(25)23(16-21)14-9-18-7-4-5-12-22-18/h4-5,7,12H,2-3,6,8-11,13-17H2,1H3/t21-/m0/s1. The molecule has 2 fully saturated rings. The van der Waals surface area contributed by atoms with E-state index in [4.69, 9.17) is 4.74 Å². The SMILES string of the molecule is CCCCOC(=O)N1CCC[C@@]2(CCC(=O)N(CCc3ccccn3)C2)C1. The molecule has 1 aromatic rings. The van der Waals surface area contributed by atoms with Gasteiger partial charge in [-0.2, -0.15) is 0 Å². The molecule has 148 valence electrons. The maximum Gasteiger partial charge on any atom is 0.409 e. The predicted octanol–water partition coefficient (Wildman–Crippen LogP) is 3.27. The minimum Gasteiger partial charge on any atom is -0.449 e. The third kappa shape index (κ3) is 5.21. The normalized spacial score (nSPS) is 22.9. The molecule has 0 saturated carbocycles. The number of nitrogens with zero attached hydrogens (tertiary/aromatic N) is 3. The average molecular weight is 373 g/mol. The Morgan fingerprint density at radius 1 is 1.30 bits per heavy atom. The quantitative estimate of drug-likeness (QED) is 0.718. The van der Waals surface area contributed by atoms with Crippen LogP contribution in [0.5, 0.6) is 0 Å². The zero-order valence-corrected chi connectivity index (χ0v) is 16.4. The molecular weight excluding hydrogens is 342 g/mol. The minimum atomic E-state index is -0.195. The predicted molar refractivity (Wildman–Crippen MR) is 103 cm³/mol. The number of piperidine rings is 2. The lowest BCUT2D eigenvalue weighted by Crippen LogP contribution is -2.55. The highest BCUT2D eigenvalue weighted by Gasteiger charge is 2.42. The van der Waals surface area contributed by atoms with Crippen LogP contribution in [-0.4, -0.2) is 59.6 Å². The van der Waals surface area contributed by atoms with Crippen LogP contribution in [0.15, 0.2) is 24.4 Å². The Morgan fingerprint density at radius 3 is 2.96 bits per heavy atom. The molecule has 0 unspecified atom stereocenters. The topological polar surface area (TPSA) is 62.7 Å². The van der Waals surface area contributed by atoms with Crippen molar-refractivity contribution >= 4 is 12.0 Å². The minimum absolute atomic E-state index is 0.0139. The van der Waals surface area contributed by atoms with E-state index in [2.05, 4.69) is 11.9 Å². The second-order valence-corrected chi connectivity index (χ2v) is 7.88. The van der Waals surface area contributed by atoms with Crippen LogP contribution in [-0.2, 0) is 16.0 Å². The molecule has 1 atom stereocenters. The lowest BCUT2D eigenvalue weighted by Gasteiger charge is -2.47. The van der Waals surface area contributed by atoms with E-state index in [1.807, 2.05) is 28.0 Å². The molecule has 2 amide bonds. The highest BCUT2D eigenvalue weighted by Crippen LogP contribution is 2.39. The van der Waals surface area contributed by atoms with Gasteiger partial charge in [-0.05, 0) is 37.8 Å². The van der Waals surface area contributed by atoms with E-state index in [9.17, 15) is 9.59 Å². The number of rotatable bonds is 6. The maximum atomic E-state index is 12.4. The molecule has 0 aliphatic carbocycles. The van der Waals surface area contributed by atoms with Crippen LogP contribution in [0.4, 0.5) is 4.79 Å². The number of likely N-dealkylation sites (tertiary alicyclic amines) is 2. The van der Waals surface area contributed by atoms with Gasteiger partial charge in [0.25, 0.3) is 0 Å². The van der Waals surface area contributed by atoms with Crippen LogP contribution in [0.1, 0.15) is 51.1 Å². The smallest absolute Gasteiger partial charge is 0.409 e. The first kappa shape index (κ1) is 19.6. The third-order valence-corrected chi connectivity index (χ3v) is 5.76. The Hall–Kier alpha value is -2.11. The van der Waals surface area contributed by atoms with Gasteiger partial charge >= 0.3 is 6.09 Å². The number of hydrogen-bond donors (Lipinski definition) is 0. The van der Waals surface area contributed by atoms with Crippen molar-refractivity contribution in [2.45, 2.75) is 51.9 Å². The molecule has 0 N–H and O–H groups in total. The first-order valence-electron chi connectivity index (χ1n) is 10.2. The molecule has 2 aliphatic rings. The largest absolute Gasteiger partial charge is 0.449 e. The van der Waals surface area contributed by atoms with E-state index in [1.165, 1.54) is 0 Å². The number of aromatic nitrogens is 1. The van der Waals surface area contributed by atoms with E-state index in [1.54, 1.807) is 6.20 Å². The fourth-order valence-corrected chi connectivity index (χ4v) is 4.19. The zero-order valence-electron chi connectivity index (χ0n) is 16.4. The van der Waals surface area contributed by atoms with Gasteiger partial charge in [-0.15, -0.1) is 0 Å². The third-order valence-electron chi connectivity index (χ3n) is 5.76. The van der Waals surface area contributed by atoms with Crippen molar-refractivity contribution in [2.75, 3.05) is 32.8 Å². The lowest BCUT2D eigenvalue weighted by atomic mass is 9.73. The van der Waals surface area contributed by atoms with Crippen LogP contribution < -0.4 is 0 Å². The molecule has 0 bridgehead atoms. The van der Waals surface area contributed by atoms with E-state index < -0.39 is 0 Å². The Bertz CT molecular complexity index is 637. The highest BCUT2D eigenvalue weighted by atomic mass is 16.6. The second kappa shape index (κ2) is 9.20. The van der Waals surface area contributed by atoms with Crippen molar-refractivity contribution in [3.8, 4) is 0 Å². The summed E-state index contributed by atoms with van der Waals surface area (Å²) >= 11 is 0. The summed E-state index contributed by atoms with van der Waals surface area (Å²) in [6.07, 6.45) is 7.77. The Morgan fingerprint density at radius 2 is 2.19 bits per heavy atom. The van der Waals surface area contributed by atoms with Gasteiger partial charge in [0.2, 0.25) is 5.91 Å². The summed E-state index contributed by atoms with van der Waals surface area (Å²) in [5.74, 6) is 0.221. The number of amides is 2. The van der Waals surface area contributed by atoms with Gasteiger partial charge in [-0.3, -0.25) is 9.78 Å². The summed E-state index contributed by atoms with van der Waals surface area (Å²) in [6, 6.07) is 5.88. The van der Waals surface area contributed by atoms with E-state index in [-0.39, 0.29) is 17.4 Å². The van der Waals surface area contributed by atoms with Crippen molar-refractivity contribution < 1.29 is 14.3 Å². The summed E-state index contributed by atoms with van der Waals surface area (Å²) in [5.41, 5.74) is 1.02. The van der Waals surface area contributed by atoms with Crippen molar-refractivity contribution in [3.63, 3.8) is 0 Å². The van der Waals surface area contributed by atoms with Gasteiger partial charge in [0, 0.05) is 56.3 Å². The Labute approximate surface area is 161 Å². The summed E-state index contributed by atoms with van der Waals surface area (Å²) in [6.45, 7) is 5.46. The van der Waals surface area contributed by atoms with E-state index in [0.717, 1.165) is 57.3 Å². The molecule has 2 aliphatic heterocycles. The molecule has 27 heavy (non-hydrogen) atoms. The van der Waals surface area contributed by atoms with Crippen LogP contribution in [0.2, 0.25) is 0 Å². The number of carbonyl (C=O) groups is 2. The molecular formula is C21H31N3O3. The highest BCUT2D eigenvalue weighted by molar-refractivity contribution is 5.77. The fourth-order valence-electron chi connectivity index (χ4n) is 4.19. The van der Waals surface area contributed by atoms with E-state index >= 15 is 0 Å². The monoisotopic (exact) mass is 373 g/mol. The van der Waals surface area contributed by atoms with Gasteiger partial charge < -0.3 is 14.5 Å². The first-order valence-corrected chi connectivity index (χ1v) is 10.2. The first-order chi connectivity index (χ1) is 13.1. The number of pyridine rings is 1. The molecule has 6 nitrogen and oxygen atoms in total. The van der Waals surface area contributed by atoms with Crippen LogP contribution in [0.25, 0.3) is 0 Å². The van der Waals surface area contributed by atoms with Crippen molar-refractivity contribution in [3.05, 3.63) is 30.1 Å². The van der Waals surface area contributed by atoms with Crippen LogP contribution >= 0.6 is 0 Å². The van der Waals surface area contributed by atoms with Gasteiger partial charge in [-0.25, -0.2) is 4.79 Å². The van der Waals surface area contributed by atoms with Gasteiger partial charge in [-0.1, -0.05) is 19.4 Å². The van der Waals surface area contributed by atoms with Gasteiger partial charge in [0.1, 0.15) is 0 Å². The second-order valence-electron chi connectivity index (χ2n) is 7.88. The fraction of sp³-hybridized carbons (Fsp3) is 0.667. The molecule has 1 aromatic heterocycles. The molecule has 0 radical (unpaired) electrons. The molecule has 3 heterocycles. The van der Waals surface area contributed by atoms with E-state index in [0.29, 0.717) is 26.1 Å².